The van der Waals surface area contributed by atoms with Gasteiger partial charge in [-0.15, -0.1) is 0 Å². The maximum absolute atomic E-state index is 11.8. The van der Waals surface area contributed by atoms with E-state index in [1.807, 2.05) is 0 Å². The Morgan fingerprint density at radius 2 is 2.59 bits per heavy atom. The van der Waals surface area contributed by atoms with Crippen LogP contribution in [0.15, 0.2) is 6.20 Å². The summed E-state index contributed by atoms with van der Waals surface area (Å²) in [5, 5.41) is 16.5. The Morgan fingerprint density at radius 1 is 1.82 bits per heavy atom. The van der Waals surface area contributed by atoms with Crippen LogP contribution in [0.25, 0.3) is 0 Å². The molecule has 1 aliphatic rings. The number of aromatic nitrogens is 2. The van der Waals surface area contributed by atoms with Gasteiger partial charge in [-0.25, -0.2) is 0 Å². The van der Waals surface area contributed by atoms with E-state index in [0.29, 0.717) is 18.7 Å². The fourth-order valence-corrected chi connectivity index (χ4v) is 1.75. The molecule has 0 aliphatic carbocycles. The Hall–Kier alpha value is -1.60. The lowest BCUT2D eigenvalue weighted by Gasteiger charge is -2.20. The summed E-state index contributed by atoms with van der Waals surface area (Å²) in [6.07, 6.45) is 2.08. The van der Waals surface area contributed by atoms with E-state index >= 15 is 0 Å². The van der Waals surface area contributed by atoms with Gasteiger partial charge in [0, 0.05) is 32.8 Å². The fraction of sp³-hybridized carbons (Fsp3) is 0.600. The number of aliphatic hydroxyl groups is 1. The van der Waals surface area contributed by atoms with E-state index in [1.54, 1.807) is 13.2 Å². The van der Waals surface area contributed by atoms with E-state index in [4.69, 9.17) is 10.5 Å². The molecule has 1 amide bonds. The Labute approximate surface area is 98.5 Å². The third-order valence-corrected chi connectivity index (χ3v) is 2.73. The van der Waals surface area contributed by atoms with E-state index in [-0.39, 0.29) is 24.8 Å². The summed E-state index contributed by atoms with van der Waals surface area (Å²) in [5.41, 5.74) is 5.15. The van der Waals surface area contributed by atoms with E-state index in [1.165, 1.54) is 4.68 Å². The number of hydrogen-bond donors (Lipinski definition) is 3. The standard InChI is InChI=1S/C10H16N4O3/c1-14-4-7(11)8(13-14)9(15)12-5-10(16)2-3-17-6-10/h4,16H,2-3,5-6,11H2,1H3,(H,12,15). The second-order valence-electron chi connectivity index (χ2n) is 4.32. The van der Waals surface area contributed by atoms with Crippen molar-refractivity contribution in [2.75, 3.05) is 25.5 Å². The van der Waals surface area contributed by atoms with Gasteiger partial charge in [-0.05, 0) is 0 Å². The normalized spacial score (nSPS) is 23.9. The monoisotopic (exact) mass is 240 g/mol. The molecular weight excluding hydrogens is 224 g/mol. The molecule has 7 heteroatoms. The zero-order chi connectivity index (χ0) is 12.5. The Balaban J connectivity index is 1.95. The van der Waals surface area contributed by atoms with Crippen molar-refractivity contribution in [3.63, 3.8) is 0 Å². The molecule has 1 saturated heterocycles. The molecule has 0 saturated carbocycles. The topological polar surface area (TPSA) is 102 Å². The number of hydrogen-bond acceptors (Lipinski definition) is 5. The second-order valence-corrected chi connectivity index (χ2v) is 4.32. The first-order chi connectivity index (χ1) is 8.00. The number of nitrogen functional groups attached to an aromatic ring is 1. The predicted molar refractivity (Wildman–Crippen MR) is 60.3 cm³/mol. The van der Waals surface area contributed by atoms with E-state index < -0.39 is 5.60 Å². The van der Waals surface area contributed by atoms with Crippen LogP contribution in [0.1, 0.15) is 16.9 Å². The number of anilines is 1. The smallest absolute Gasteiger partial charge is 0.274 e. The van der Waals surface area contributed by atoms with Crippen molar-refractivity contribution in [1.29, 1.82) is 0 Å². The summed E-state index contributed by atoms with van der Waals surface area (Å²) < 4.78 is 6.55. The van der Waals surface area contributed by atoms with Gasteiger partial charge in [-0.1, -0.05) is 0 Å². The number of carbonyl (C=O) groups is 1. The van der Waals surface area contributed by atoms with Crippen LogP contribution >= 0.6 is 0 Å². The summed E-state index contributed by atoms with van der Waals surface area (Å²) in [6, 6.07) is 0. The molecule has 1 aromatic rings. The number of nitrogens with one attached hydrogen (secondary N) is 1. The summed E-state index contributed by atoms with van der Waals surface area (Å²) in [5.74, 6) is -0.386. The van der Waals surface area contributed by atoms with Crippen molar-refractivity contribution in [2.24, 2.45) is 7.05 Å². The van der Waals surface area contributed by atoms with Crippen LogP contribution in [0.4, 0.5) is 5.69 Å². The minimum absolute atomic E-state index is 0.141. The quantitative estimate of drug-likeness (QED) is 0.621. The largest absolute Gasteiger partial charge is 0.396 e. The van der Waals surface area contributed by atoms with Gasteiger partial charge in [0.1, 0.15) is 5.60 Å². The first-order valence-corrected chi connectivity index (χ1v) is 5.38. The summed E-state index contributed by atoms with van der Waals surface area (Å²) in [6.45, 7) is 0.894. The highest BCUT2D eigenvalue weighted by Gasteiger charge is 2.32. The molecule has 94 valence electrons. The first kappa shape index (κ1) is 11.9. The average molecular weight is 240 g/mol. The van der Waals surface area contributed by atoms with Crippen LogP contribution in [-0.2, 0) is 11.8 Å². The minimum atomic E-state index is -0.973. The zero-order valence-corrected chi connectivity index (χ0v) is 9.64. The molecule has 1 unspecified atom stereocenters. The highest BCUT2D eigenvalue weighted by Crippen LogP contribution is 2.17. The molecule has 4 N–H and O–H groups in total. The Bertz CT molecular complexity index is 423. The third-order valence-electron chi connectivity index (χ3n) is 2.73. The van der Waals surface area contributed by atoms with Crippen LogP contribution in [0, 0.1) is 0 Å². The van der Waals surface area contributed by atoms with Crippen LogP contribution in [-0.4, -0.2) is 46.2 Å². The van der Waals surface area contributed by atoms with Gasteiger partial charge in [0.05, 0.1) is 12.3 Å². The average Bonchev–Trinajstić information content (AvgIpc) is 2.83. The molecule has 0 bridgehead atoms. The van der Waals surface area contributed by atoms with Crippen molar-refractivity contribution in [3.8, 4) is 0 Å². The van der Waals surface area contributed by atoms with Gasteiger partial charge in [0.25, 0.3) is 5.91 Å². The molecule has 2 heterocycles. The third kappa shape index (κ3) is 2.56. The van der Waals surface area contributed by atoms with Crippen molar-refractivity contribution in [3.05, 3.63) is 11.9 Å². The van der Waals surface area contributed by atoms with Gasteiger partial charge >= 0.3 is 0 Å². The van der Waals surface area contributed by atoms with Gasteiger partial charge in [-0.2, -0.15) is 5.10 Å². The number of rotatable bonds is 3. The fourth-order valence-electron chi connectivity index (χ4n) is 1.75. The molecule has 7 nitrogen and oxygen atoms in total. The number of amides is 1. The van der Waals surface area contributed by atoms with Crippen molar-refractivity contribution in [1.82, 2.24) is 15.1 Å². The van der Waals surface area contributed by atoms with Crippen molar-refractivity contribution >= 4 is 11.6 Å². The molecule has 1 aromatic heterocycles. The summed E-state index contributed by atoms with van der Waals surface area (Å²) >= 11 is 0. The van der Waals surface area contributed by atoms with Crippen molar-refractivity contribution < 1.29 is 14.6 Å². The highest BCUT2D eigenvalue weighted by molar-refractivity contribution is 5.97. The van der Waals surface area contributed by atoms with Gasteiger partial charge in [0.2, 0.25) is 0 Å². The number of nitrogens with two attached hydrogens (primary N) is 1. The molecule has 0 spiro atoms. The predicted octanol–water partition coefficient (Wildman–Crippen LogP) is -1.12. The maximum atomic E-state index is 11.8. The molecule has 0 radical (unpaired) electrons. The lowest BCUT2D eigenvalue weighted by molar-refractivity contribution is 0.0264. The number of aryl methyl sites for hydroxylation is 1. The van der Waals surface area contributed by atoms with Crippen LogP contribution in [0.2, 0.25) is 0 Å². The van der Waals surface area contributed by atoms with Crippen LogP contribution in [0.3, 0.4) is 0 Å². The van der Waals surface area contributed by atoms with E-state index in [2.05, 4.69) is 10.4 Å². The Morgan fingerprint density at radius 3 is 3.12 bits per heavy atom. The van der Waals surface area contributed by atoms with Crippen LogP contribution < -0.4 is 11.1 Å². The molecule has 2 rings (SSSR count). The van der Waals surface area contributed by atoms with Gasteiger partial charge in [0.15, 0.2) is 5.69 Å². The molecule has 17 heavy (non-hydrogen) atoms. The summed E-state index contributed by atoms with van der Waals surface area (Å²) in [7, 11) is 1.69. The summed E-state index contributed by atoms with van der Waals surface area (Å²) in [4.78, 5) is 11.8. The van der Waals surface area contributed by atoms with Gasteiger partial charge in [-0.3, -0.25) is 9.48 Å². The van der Waals surface area contributed by atoms with E-state index in [9.17, 15) is 9.90 Å². The zero-order valence-electron chi connectivity index (χ0n) is 9.64. The number of carbonyl (C=O) groups excluding carboxylic acids is 1. The minimum Gasteiger partial charge on any atom is -0.396 e. The molecule has 1 aliphatic heterocycles. The second kappa shape index (κ2) is 4.34. The van der Waals surface area contributed by atoms with Crippen LogP contribution in [0.5, 0.6) is 0 Å². The molecule has 0 aromatic carbocycles. The van der Waals surface area contributed by atoms with Gasteiger partial charge < -0.3 is 20.9 Å². The Kier molecular flexibility index (Phi) is 3.03. The lowest BCUT2D eigenvalue weighted by Crippen LogP contribution is -2.43. The lowest BCUT2D eigenvalue weighted by atomic mass is 10.0. The van der Waals surface area contributed by atoms with E-state index in [0.717, 1.165) is 0 Å². The SMILES string of the molecule is Cn1cc(N)c(C(=O)NCC2(O)CCOC2)n1. The maximum Gasteiger partial charge on any atom is 0.274 e. The number of nitrogens with zero attached hydrogens (tertiary/aromatic N) is 2. The molecule has 1 fully saturated rings. The van der Waals surface area contributed by atoms with Crippen molar-refractivity contribution in [2.45, 2.75) is 12.0 Å². The molecule has 1 atom stereocenters. The highest BCUT2D eigenvalue weighted by atomic mass is 16.5. The number of ether oxygens (including phenoxy) is 1. The first-order valence-electron chi connectivity index (χ1n) is 5.38. The molecular formula is C10H16N4O3.